The number of hydrogen-bond acceptors (Lipinski definition) is 5. The molecule has 4 heterocycles. The van der Waals surface area contributed by atoms with Gasteiger partial charge in [-0.3, -0.25) is 4.79 Å². The largest absolute Gasteiger partial charge is 0.356 e. The lowest BCUT2D eigenvalue weighted by Crippen LogP contribution is -2.33. The molecule has 23 heavy (non-hydrogen) atoms. The summed E-state index contributed by atoms with van der Waals surface area (Å²) in [5, 5.41) is 0. The third kappa shape index (κ3) is 2.61. The molecule has 0 bridgehead atoms. The zero-order valence-corrected chi connectivity index (χ0v) is 14.2. The molecule has 2 aliphatic rings. The van der Waals surface area contributed by atoms with Gasteiger partial charge in [0.2, 0.25) is 0 Å². The van der Waals surface area contributed by atoms with E-state index in [1.165, 1.54) is 4.88 Å². The molecular weight excluding hydrogens is 308 g/mol. The van der Waals surface area contributed by atoms with Crippen molar-refractivity contribution in [2.24, 2.45) is 11.8 Å². The highest BCUT2D eigenvalue weighted by Crippen LogP contribution is 2.35. The zero-order valence-electron chi connectivity index (χ0n) is 13.4. The number of likely N-dealkylation sites (tertiary alicyclic amines) is 1. The number of aryl methyl sites for hydroxylation is 2. The third-order valence-electron chi connectivity index (χ3n) is 4.89. The highest BCUT2D eigenvalue weighted by Gasteiger charge is 2.42. The van der Waals surface area contributed by atoms with Gasteiger partial charge in [-0.2, -0.15) is 0 Å². The van der Waals surface area contributed by atoms with Gasteiger partial charge in [0.1, 0.15) is 12.1 Å². The smallest absolute Gasteiger partial charge is 0.263 e. The Balaban J connectivity index is 1.44. The second kappa shape index (κ2) is 5.60. The molecule has 120 valence electrons. The molecule has 1 amide bonds. The van der Waals surface area contributed by atoms with Gasteiger partial charge in [-0.25, -0.2) is 9.97 Å². The maximum atomic E-state index is 12.6. The maximum absolute atomic E-state index is 12.6. The van der Waals surface area contributed by atoms with E-state index in [4.69, 9.17) is 0 Å². The molecule has 2 aromatic rings. The van der Waals surface area contributed by atoms with Gasteiger partial charge in [-0.1, -0.05) is 0 Å². The molecular formula is C17H20N4OS. The average molecular weight is 328 g/mol. The molecule has 4 rings (SSSR count). The van der Waals surface area contributed by atoms with E-state index in [9.17, 15) is 4.79 Å². The topological polar surface area (TPSA) is 49.3 Å². The van der Waals surface area contributed by atoms with Crippen LogP contribution in [-0.4, -0.2) is 47.0 Å². The molecule has 0 radical (unpaired) electrons. The third-order valence-corrected chi connectivity index (χ3v) is 5.88. The summed E-state index contributed by atoms with van der Waals surface area (Å²) in [7, 11) is 0. The normalized spacial score (nSPS) is 23.4. The standard InChI is InChI=1S/C17H20N4OS/c1-11-5-18-10-19-16(11)20-6-13-8-21(9-14(13)7-20)17(22)15-4-3-12(2)23-15/h3-5,10,13-14H,6-9H2,1-2H3. The Labute approximate surface area is 140 Å². The van der Waals surface area contributed by atoms with Crippen LogP contribution in [0.5, 0.6) is 0 Å². The van der Waals surface area contributed by atoms with Crippen molar-refractivity contribution in [2.45, 2.75) is 13.8 Å². The summed E-state index contributed by atoms with van der Waals surface area (Å²) < 4.78 is 0. The van der Waals surface area contributed by atoms with Crippen LogP contribution < -0.4 is 4.90 Å². The first-order valence-electron chi connectivity index (χ1n) is 7.99. The quantitative estimate of drug-likeness (QED) is 0.849. The van der Waals surface area contributed by atoms with Crippen LogP contribution in [-0.2, 0) is 0 Å². The molecule has 0 saturated carbocycles. The monoisotopic (exact) mass is 328 g/mol. The Morgan fingerprint density at radius 2 is 1.91 bits per heavy atom. The molecule has 0 N–H and O–H groups in total. The van der Waals surface area contributed by atoms with Crippen molar-refractivity contribution >= 4 is 23.1 Å². The van der Waals surface area contributed by atoms with E-state index in [-0.39, 0.29) is 5.91 Å². The Bertz CT molecular complexity index is 730. The van der Waals surface area contributed by atoms with Crippen molar-refractivity contribution < 1.29 is 4.79 Å². The molecule has 0 spiro atoms. The van der Waals surface area contributed by atoms with Gasteiger partial charge in [0, 0.05) is 54.7 Å². The summed E-state index contributed by atoms with van der Waals surface area (Å²) >= 11 is 1.59. The fourth-order valence-corrected chi connectivity index (χ4v) is 4.60. The van der Waals surface area contributed by atoms with Crippen molar-refractivity contribution in [1.82, 2.24) is 14.9 Å². The van der Waals surface area contributed by atoms with Crippen LogP contribution >= 0.6 is 11.3 Å². The van der Waals surface area contributed by atoms with Crippen LogP contribution in [0.1, 0.15) is 20.1 Å². The number of nitrogens with zero attached hydrogens (tertiary/aromatic N) is 4. The molecule has 2 aliphatic heterocycles. The lowest BCUT2D eigenvalue weighted by Gasteiger charge is -2.23. The van der Waals surface area contributed by atoms with Crippen LogP contribution in [0.25, 0.3) is 0 Å². The highest BCUT2D eigenvalue weighted by atomic mass is 32.1. The second-order valence-electron chi connectivity index (χ2n) is 6.57. The lowest BCUT2D eigenvalue weighted by atomic mass is 10.0. The Hall–Kier alpha value is -1.95. The first-order chi connectivity index (χ1) is 11.1. The van der Waals surface area contributed by atoms with Crippen LogP contribution in [0, 0.1) is 25.7 Å². The second-order valence-corrected chi connectivity index (χ2v) is 7.86. The van der Waals surface area contributed by atoms with Gasteiger partial charge in [-0.05, 0) is 26.0 Å². The van der Waals surface area contributed by atoms with Gasteiger partial charge in [-0.15, -0.1) is 11.3 Å². The van der Waals surface area contributed by atoms with Crippen molar-refractivity contribution in [3.63, 3.8) is 0 Å². The molecule has 6 heteroatoms. The maximum Gasteiger partial charge on any atom is 0.263 e. The zero-order chi connectivity index (χ0) is 16.0. The summed E-state index contributed by atoms with van der Waals surface area (Å²) in [5.41, 5.74) is 1.12. The summed E-state index contributed by atoms with van der Waals surface area (Å²) in [5.74, 6) is 2.34. The number of anilines is 1. The molecule has 2 unspecified atom stereocenters. The molecule has 0 aliphatic carbocycles. The number of rotatable bonds is 2. The Kier molecular flexibility index (Phi) is 3.56. The number of fused-ring (bicyclic) bond motifs is 1. The first-order valence-corrected chi connectivity index (χ1v) is 8.80. The van der Waals surface area contributed by atoms with Crippen molar-refractivity contribution in [2.75, 3.05) is 31.1 Å². The van der Waals surface area contributed by atoms with Crippen LogP contribution in [0.15, 0.2) is 24.7 Å². The predicted octanol–water partition coefficient (Wildman–Crippen LogP) is 2.36. The highest BCUT2D eigenvalue weighted by molar-refractivity contribution is 7.13. The molecule has 2 fully saturated rings. The minimum absolute atomic E-state index is 0.197. The predicted molar refractivity (Wildman–Crippen MR) is 90.9 cm³/mol. The lowest BCUT2D eigenvalue weighted by molar-refractivity contribution is 0.0787. The van der Waals surface area contributed by atoms with Gasteiger partial charge >= 0.3 is 0 Å². The van der Waals surface area contributed by atoms with E-state index in [2.05, 4.69) is 21.8 Å². The minimum Gasteiger partial charge on any atom is -0.356 e. The summed E-state index contributed by atoms with van der Waals surface area (Å²) in [6.07, 6.45) is 3.48. The molecule has 2 saturated heterocycles. The number of carbonyl (C=O) groups is 1. The van der Waals surface area contributed by atoms with Gasteiger partial charge in [0.25, 0.3) is 5.91 Å². The SMILES string of the molecule is Cc1ccc(C(=O)N2CC3CN(c4ncncc4C)CC3C2)s1. The molecule has 2 atom stereocenters. The fraction of sp³-hybridized carbons (Fsp3) is 0.471. The van der Waals surface area contributed by atoms with Crippen molar-refractivity contribution in [3.05, 3.63) is 40.0 Å². The minimum atomic E-state index is 0.197. The van der Waals surface area contributed by atoms with Gasteiger partial charge in [0.05, 0.1) is 4.88 Å². The summed E-state index contributed by atoms with van der Waals surface area (Å²) in [4.78, 5) is 27.5. The van der Waals surface area contributed by atoms with Gasteiger partial charge < -0.3 is 9.80 Å². The summed E-state index contributed by atoms with van der Waals surface area (Å²) in [6.45, 7) is 7.79. The van der Waals surface area contributed by atoms with E-state index in [1.807, 2.05) is 30.2 Å². The summed E-state index contributed by atoms with van der Waals surface area (Å²) in [6, 6.07) is 3.97. The van der Waals surface area contributed by atoms with E-state index >= 15 is 0 Å². The Morgan fingerprint density at radius 1 is 1.17 bits per heavy atom. The van der Waals surface area contributed by atoms with E-state index in [1.54, 1.807) is 17.7 Å². The molecule has 5 nitrogen and oxygen atoms in total. The van der Waals surface area contributed by atoms with E-state index in [0.717, 1.165) is 42.4 Å². The number of aromatic nitrogens is 2. The van der Waals surface area contributed by atoms with Crippen LogP contribution in [0.2, 0.25) is 0 Å². The number of carbonyl (C=O) groups excluding carboxylic acids is 1. The molecule has 0 aromatic carbocycles. The van der Waals surface area contributed by atoms with Crippen molar-refractivity contribution in [1.29, 1.82) is 0 Å². The number of amides is 1. The Morgan fingerprint density at radius 3 is 2.52 bits per heavy atom. The first kappa shape index (κ1) is 14.6. The van der Waals surface area contributed by atoms with Crippen LogP contribution in [0.4, 0.5) is 5.82 Å². The van der Waals surface area contributed by atoms with Crippen LogP contribution in [0.3, 0.4) is 0 Å². The number of thiophene rings is 1. The number of hydrogen-bond donors (Lipinski definition) is 0. The average Bonchev–Trinajstić information content (AvgIpc) is 3.21. The fourth-order valence-electron chi connectivity index (χ4n) is 3.76. The van der Waals surface area contributed by atoms with Crippen molar-refractivity contribution in [3.8, 4) is 0 Å². The van der Waals surface area contributed by atoms with E-state index < -0.39 is 0 Å². The van der Waals surface area contributed by atoms with E-state index in [0.29, 0.717) is 11.8 Å². The van der Waals surface area contributed by atoms with Gasteiger partial charge in [0.15, 0.2) is 0 Å². The molecule has 2 aromatic heterocycles.